The van der Waals surface area contributed by atoms with Crippen LogP contribution in [0.25, 0.3) is 31.8 Å². The second-order valence-electron chi connectivity index (χ2n) is 4.64. The molecule has 4 heteroatoms. The third-order valence-corrected chi connectivity index (χ3v) is 5.13. The number of nitrogens with one attached hydrogen (secondary N) is 2. The van der Waals surface area contributed by atoms with Gasteiger partial charge in [0, 0.05) is 15.1 Å². The standard InChI is InChI=1S/C14H12N2S2/c1-7-3-9-5-10(16-14(9)18-7)11-6-13-12(15-11)4-8(2)17-13/h3-6,15-16H,1-2H3. The lowest BCUT2D eigenvalue weighted by Crippen LogP contribution is -1.75. The number of thiophene rings is 2. The fourth-order valence-electron chi connectivity index (χ4n) is 2.39. The summed E-state index contributed by atoms with van der Waals surface area (Å²) in [5.41, 5.74) is 3.59. The number of H-pyrrole nitrogens is 2. The van der Waals surface area contributed by atoms with E-state index in [0.29, 0.717) is 0 Å². The Labute approximate surface area is 112 Å². The molecular formula is C14H12N2S2. The highest BCUT2D eigenvalue weighted by molar-refractivity contribution is 7.19. The Morgan fingerprint density at radius 2 is 1.61 bits per heavy atom. The van der Waals surface area contributed by atoms with E-state index in [9.17, 15) is 0 Å². The van der Waals surface area contributed by atoms with E-state index in [2.05, 4.69) is 48.1 Å². The molecule has 0 saturated heterocycles. The molecule has 0 aromatic carbocycles. The average Bonchev–Trinajstić information content (AvgIpc) is 2.94. The fraction of sp³-hybridized carbons (Fsp3) is 0.143. The molecule has 0 bridgehead atoms. The van der Waals surface area contributed by atoms with Gasteiger partial charge in [-0.3, -0.25) is 0 Å². The Hall–Kier alpha value is -1.52. The van der Waals surface area contributed by atoms with Crippen molar-refractivity contribution >= 4 is 43.1 Å². The number of aryl methyl sites for hydroxylation is 2. The van der Waals surface area contributed by atoms with E-state index in [1.807, 2.05) is 22.7 Å². The van der Waals surface area contributed by atoms with Gasteiger partial charge in [0.15, 0.2) is 0 Å². The summed E-state index contributed by atoms with van der Waals surface area (Å²) in [6.07, 6.45) is 0. The SMILES string of the molecule is Cc1cc2[nH]c(-c3cc4cc(C)sc4[nH]3)cc2s1. The minimum absolute atomic E-state index is 1.18. The van der Waals surface area contributed by atoms with Crippen molar-refractivity contribution in [1.82, 2.24) is 9.97 Å². The highest BCUT2D eigenvalue weighted by atomic mass is 32.1. The van der Waals surface area contributed by atoms with Crippen LogP contribution in [0.3, 0.4) is 0 Å². The lowest BCUT2D eigenvalue weighted by Gasteiger charge is -1.91. The summed E-state index contributed by atoms with van der Waals surface area (Å²) < 4.78 is 1.33. The van der Waals surface area contributed by atoms with Crippen molar-refractivity contribution < 1.29 is 0 Å². The van der Waals surface area contributed by atoms with Crippen molar-refractivity contribution in [2.75, 3.05) is 0 Å². The largest absolute Gasteiger partial charge is 0.353 e. The fourth-order valence-corrected chi connectivity index (χ4v) is 4.22. The van der Waals surface area contributed by atoms with Gasteiger partial charge in [-0.1, -0.05) is 0 Å². The van der Waals surface area contributed by atoms with E-state index in [4.69, 9.17) is 0 Å². The Morgan fingerprint density at radius 1 is 0.833 bits per heavy atom. The third-order valence-electron chi connectivity index (χ3n) is 3.15. The molecule has 0 saturated carbocycles. The van der Waals surface area contributed by atoms with Crippen molar-refractivity contribution in [3.63, 3.8) is 0 Å². The summed E-state index contributed by atoms with van der Waals surface area (Å²) in [4.78, 5) is 10.9. The van der Waals surface area contributed by atoms with Crippen LogP contribution in [0.2, 0.25) is 0 Å². The van der Waals surface area contributed by atoms with Gasteiger partial charge in [0.25, 0.3) is 0 Å². The van der Waals surface area contributed by atoms with Crippen LogP contribution < -0.4 is 0 Å². The van der Waals surface area contributed by atoms with E-state index >= 15 is 0 Å². The number of fused-ring (bicyclic) bond motifs is 2. The minimum atomic E-state index is 1.18. The maximum absolute atomic E-state index is 3.49. The first kappa shape index (κ1) is 10.4. The Kier molecular flexibility index (Phi) is 2.02. The van der Waals surface area contributed by atoms with E-state index in [1.54, 1.807) is 0 Å². The van der Waals surface area contributed by atoms with Gasteiger partial charge < -0.3 is 9.97 Å². The van der Waals surface area contributed by atoms with Gasteiger partial charge in [-0.2, -0.15) is 0 Å². The molecule has 2 N–H and O–H groups in total. The molecule has 0 aliphatic carbocycles. The van der Waals surface area contributed by atoms with E-state index in [0.717, 1.165) is 0 Å². The number of aromatic amines is 2. The van der Waals surface area contributed by atoms with Crippen LogP contribution in [-0.2, 0) is 0 Å². The lowest BCUT2D eigenvalue weighted by atomic mass is 10.3. The summed E-state index contributed by atoms with van der Waals surface area (Å²) in [5.74, 6) is 0. The minimum Gasteiger partial charge on any atom is -0.353 e. The van der Waals surface area contributed by atoms with Crippen LogP contribution >= 0.6 is 22.7 Å². The van der Waals surface area contributed by atoms with Crippen LogP contribution in [0, 0.1) is 13.8 Å². The van der Waals surface area contributed by atoms with E-state index in [1.165, 1.54) is 41.6 Å². The highest BCUT2D eigenvalue weighted by Crippen LogP contribution is 2.33. The number of aromatic nitrogens is 2. The molecule has 0 radical (unpaired) electrons. The van der Waals surface area contributed by atoms with Crippen molar-refractivity contribution in [3.8, 4) is 11.4 Å². The predicted molar refractivity (Wildman–Crippen MR) is 80.8 cm³/mol. The zero-order chi connectivity index (χ0) is 12.3. The Morgan fingerprint density at radius 3 is 2.39 bits per heavy atom. The Bertz CT molecular complexity index is 721. The molecule has 4 heterocycles. The maximum Gasteiger partial charge on any atom is 0.100 e. The molecule has 4 rings (SSSR count). The molecule has 0 aliphatic rings. The summed E-state index contributed by atoms with van der Waals surface area (Å²) in [6.45, 7) is 4.29. The Balaban J connectivity index is 1.89. The van der Waals surface area contributed by atoms with E-state index < -0.39 is 0 Å². The second kappa shape index (κ2) is 3.49. The smallest absolute Gasteiger partial charge is 0.100 e. The van der Waals surface area contributed by atoms with Crippen molar-refractivity contribution in [3.05, 3.63) is 34.0 Å². The topological polar surface area (TPSA) is 31.6 Å². The highest BCUT2D eigenvalue weighted by Gasteiger charge is 2.09. The van der Waals surface area contributed by atoms with E-state index in [-0.39, 0.29) is 0 Å². The van der Waals surface area contributed by atoms with Gasteiger partial charge in [0.05, 0.1) is 21.6 Å². The zero-order valence-electron chi connectivity index (χ0n) is 10.1. The molecule has 4 aromatic rings. The van der Waals surface area contributed by atoms with Crippen molar-refractivity contribution in [2.24, 2.45) is 0 Å². The van der Waals surface area contributed by atoms with Gasteiger partial charge in [0.1, 0.15) is 4.83 Å². The van der Waals surface area contributed by atoms with Crippen LogP contribution in [0.15, 0.2) is 24.3 Å². The molecule has 0 spiro atoms. The van der Waals surface area contributed by atoms with Crippen LogP contribution in [0.4, 0.5) is 0 Å². The second-order valence-corrected chi connectivity index (χ2v) is 7.19. The number of hydrogen-bond acceptors (Lipinski definition) is 2. The lowest BCUT2D eigenvalue weighted by molar-refractivity contribution is 1.38. The third kappa shape index (κ3) is 1.46. The summed E-state index contributed by atoms with van der Waals surface area (Å²) in [6, 6.07) is 8.89. The van der Waals surface area contributed by atoms with Gasteiger partial charge in [-0.05, 0) is 38.1 Å². The first-order chi connectivity index (χ1) is 8.69. The molecule has 18 heavy (non-hydrogen) atoms. The number of hydrogen-bond donors (Lipinski definition) is 2. The normalized spacial score (nSPS) is 11.9. The zero-order valence-corrected chi connectivity index (χ0v) is 11.8. The molecule has 0 amide bonds. The van der Waals surface area contributed by atoms with Gasteiger partial charge in [-0.15, -0.1) is 22.7 Å². The first-order valence-corrected chi connectivity index (χ1v) is 7.51. The van der Waals surface area contributed by atoms with Gasteiger partial charge in [-0.25, -0.2) is 0 Å². The predicted octanol–water partition coefficient (Wildman–Crippen LogP) is 5.06. The summed E-state index contributed by atoms with van der Waals surface area (Å²) in [7, 11) is 0. The summed E-state index contributed by atoms with van der Waals surface area (Å²) in [5, 5.41) is 1.31. The van der Waals surface area contributed by atoms with Crippen molar-refractivity contribution in [1.29, 1.82) is 0 Å². The quantitative estimate of drug-likeness (QED) is 0.485. The molecular weight excluding hydrogens is 260 g/mol. The van der Waals surface area contributed by atoms with Crippen LogP contribution in [0.5, 0.6) is 0 Å². The first-order valence-electron chi connectivity index (χ1n) is 5.88. The molecule has 0 unspecified atom stereocenters. The molecule has 0 fully saturated rings. The van der Waals surface area contributed by atoms with Crippen LogP contribution in [-0.4, -0.2) is 9.97 Å². The summed E-state index contributed by atoms with van der Waals surface area (Å²) >= 11 is 3.65. The average molecular weight is 272 g/mol. The maximum atomic E-state index is 3.49. The molecule has 0 atom stereocenters. The van der Waals surface area contributed by atoms with Gasteiger partial charge >= 0.3 is 0 Å². The van der Waals surface area contributed by atoms with Crippen LogP contribution in [0.1, 0.15) is 9.75 Å². The molecule has 0 aliphatic heterocycles. The number of rotatable bonds is 1. The molecule has 4 aromatic heterocycles. The van der Waals surface area contributed by atoms with Crippen molar-refractivity contribution in [2.45, 2.75) is 13.8 Å². The molecule has 2 nitrogen and oxygen atoms in total. The monoisotopic (exact) mass is 272 g/mol. The molecule has 90 valence electrons. The van der Waals surface area contributed by atoms with Gasteiger partial charge in [0.2, 0.25) is 0 Å².